The van der Waals surface area contributed by atoms with Crippen molar-refractivity contribution in [2.75, 3.05) is 13.2 Å². The van der Waals surface area contributed by atoms with Gasteiger partial charge in [0.2, 0.25) is 5.95 Å². The van der Waals surface area contributed by atoms with Crippen LogP contribution < -0.4 is 15.2 Å². The lowest BCUT2D eigenvalue weighted by Crippen LogP contribution is -2.15. The number of hydrogen-bond acceptors (Lipinski definition) is 4. The topological polar surface area (TPSA) is 57.4 Å². The molecule has 0 fully saturated rings. The fourth-order valence-corrected chi connectivity index (χ4v) is 3.75. The lowest BCUT2D eigenvalue weighted by Gasteiger charge is -2.22. The Balaban J connectivity index is 1.52. The number of rotatable bonds is 5. The molecular weight excluding hydrogens is 422 g/mol. The Hall–Kier alpha value is -4.03. The van der Waals surface area contributed by atoms with E-state index in [9.17, 15) is 8.78 Å². The zero-order valence-corrected chi connectivity index (χ0v) is 17.6. The number of fused-ring (bicyclic) bond motifs is 1. The monoisotopic (exact) mass is 442 g/mol. The van der Waals surface area contributed by atoms with Crippen LogP contribution in [0.1, 0.15) is 5.56 Å². The van der Waals surface area contributed by atoms with Gasteiger partial charge in [0.1, 0.15) is 29.7 Å². The van der Waals surface area contributed by atoms with Gasteiger partial charge in [0.25, 0.3) is 0 Å². The van der Waals surface area contributed by atoms with Gasteiger partial charge in [0, 0.05) is 17.7 Å². The summed E-state index contributed by atoms with van der Waals surface area (Å²) in [5, 5.41) is 0. The molecule has 164 valence electrons. The van der Waals surface area contributed by atoms with Gasteiger partial charge in [0.15, 0.2) is 0 Å². The molecule has 33 heavy (non-hydrogen) atoms. The Labute approximate surface area is 189 Å². The van der Waals surface area contributed by atoms with Gasteiger partial charge >= 0.3 is 0 Å². The molecule has 3 aromatic carbocycles. The molecular formula is C27H20F2N2O2. The number of pyridine rings is 1. The first-order valence-electron chi connectivity index (χ1n) is 10.5. The summed E-state index contributed by atoms with van der Waals surface area (Å²) in [4.78, 5) is 3.60. The smallest absolute Gasteiger partial charge is 0.213 e. The number of nitrogens with two attached hydrogens (primary N) is 1. The molecule has 5 rings (SSSR count). The second kappa shape index (κ2) is 8.84. The molecule has 6 heteroatoms. The number of nitrogens with zero attached hydrogens (tertiary/aromatic N) is 1. The molecule has 0 amide bonds. The van der Waals surface area contributed by atoms with E-state index >= 15 is 0 Å². The second-order valence-corrected chi connectivity index (χ2v) is 7.69. The van der Waals surface area contributed by atoms with Crippen molar-refractivity contribution in [3.63, 3.8) is 0 Å². The summed E-state index contributed by atoms with van der Waals surface area (Å²) in [7, 11) is 0. The van der Waals surface area contributed by atoms with Crippen molar-refractivity contribution >= 4 is 6.08 Å². The fourth-order valence-electron chi connectivity index (χ4n) is 3.75. The summed E-state index contributed by atoms with van der Waals surface area (Å²) in [5.41, 5.74) is 11.5. The Kier molecular flexibility index (Phi) is 5.59. The lowest BCUT2D eigenvalue weighted by molar-refractivity contribution is 0.347. The van der Waals surface area contributed by atoms with Crippen LogP contribution in [0, 0.1) is 11.8 Å². The number of benzene rings is 3. The molecule has 4 nitrogen and oxygen atoms in total. The van der Waals surface area contributed by atoms with Gasteiger partial charge < -0.3 is 15.2 Å². The van der Waals surface area contributed by atoms with Crippen LogP contribution in [-0.2, 0) is 0 Å². The summed E-state index contributed by atoms with van der Waals surface area (Å²) < 4.78 is 38.3. The predicted molar refractivity (Wildman–Crippen MR) is 124 cm³/mol. The maximum Gasteiger partial charge on any atom is 0.213 e. The van der Waals surface area contributed by atoms with Crippen LogP contribution in [0.15, 0.2) is 84.6 Å². The van der Waals surface area contributed by atoms with E-state index in [4.69, 9.17) is 15.2 Å². The van der Waals surface area contributed by atoms with Crippen molar-refractivity contribution < 1.29 is 18.3 Å². The van der Waals surface area contributed by atoms with Crippen molar-refractivity contribution in [3.8, 4) is 39.5 Å². The molecule has 0 spiro atoms. The quantitative estimate of drug-likeness (QED) is 0.373. The lowest BCUT2D eigenvalue weighted by atomic mass is 9.93. The molecule has 2 heterocycles. The molecule has 1 aromatic heterocycles. The minimum absolute atomic E-state index is 0.290. The number of aromatic nitrogens is 1. The van der Waals surface area contributed by atoms with Crippen molar-refractivity contribution in [2.24, 2.45) is 5.73 Å². The average molecular weight is 442 g/mol. The van der Waals surface area contributed by atoms with E-state index in [1.54, 1.807) is 12.1 Å². The van der Waals surface area contributed by atoms with E-state index in [0.717, 1.165) is 39.1 Å². The van der Waals surface area contributed by atoms with Crippen LogP contribution in [0.25, 0.3) is 28.3 Å². The molecule has 0 bridgehead atoms. The van der Waals surface area contributed by atoms with Crippen molar-refractivity contribution in [1.82, 2.24) is 4.98 Å². The highest BCUT2D eigenvalue weighted by molar-refractivity contribution is 5.84. The van der Waals surface area contributed by atoms with Crippen molar-refractivity contribution in [3.05, 3.63) is 102 Å². The van der Waals surface area contributed by atoms with Gasteiger partial charge in [-0.05, 0) is 76.9 Å². The van der Waals surface area contributed by atoms with Crippen LogP contribution in [0.4, 0.5) is 8.78 Å². The Morgan fingerprint density at radius 1 is 0.848 bits per heavy atom. The molecule has 0 aliphatic carbocycles. The van der Waals surface area contributed by atoms with E-state index in [0.29, 0.717) is 24.7 Å². The minimum Gasteiger partial charge on any atom is -0.488 e. The van der Waals surface area contributed by atoms with E-state index in [1.807, 2.05) is 36.4 Å². The second-order valence-electron chi connectivity index (χ2n) is 7.69. The Morgan fingerprint density at radius 2 is 1.58 bits per heavy atom. The maximum absolute atomic E-state index is 13.5. The highest BCUT2D eigenvalue weighted by Crippen LogP contribution is 2.41. The first-order valence-corrected chi connectivity index (χ1v) is 10.5. The van der Waals surface area contributed by atoms with Crippen LogP contribution in [0.3, 0.4) is 0 Å². The average Bonchev–Trinajstić information content (AvgIpc) is 2.85. The summed E-state index contributed by atoms with van der Waals surface area (Å²) >= 11 is 0. The summed E-state index contributed by atoms with van der Waals surface area (Å²) in [6.45, 7) is 0.848. The number of hydrogen-bond donors (Lipinski definition) is 1. The standard InChI is InChI=1S/C27H20F2N2O2/c28-22-5-1-19(2-6-22)25-13-20(12-21-11-17(14-30)16-32-27(21)25)18-3-7-23(8-4-18)33-24-9-10-26(29)31-15-24/h1-13,15H,14,16,30H2. The molecule has 1 aliphatic rings. The van der Waals surface area contributed by atoms with Gasteiger partial charge in [-0.2, -0.15) is 4.39 Å². The van der Waals surface area contributed by atoms with E-state index < -0.39 is 5.95 Å². The van der Waals surface area contributed by atoms with E-state index in [2.05, 4.69) is 11.1 Å². The Bertz CT molecular complexity index is 1320. The van der Waals surface area contributed by atoms with Crippen molar-refractivity contribution in [2.45, 2.75) is 0 Å². The maximum atomic E-state index is 13.5. The summed E-state index contributed by atoms with van der Waals surface area (Å²) in [6, 6.07) is 20.8. The SMILES string of the molecule is NCC1=Cc2cc(-c3ccc(Oc4ccc(F)nc4)cc3)cc(-c3ccc(F)cc3)c2OC1. The molecule has 0 atom stereocenters. The van der Waals surface area contributed by atoms with Gasteiger partial charge in [-0.3, -0.25) is 0 Å². The number of halogens is 2. The first-order chi connectivity index (χ1) is 16.1. The largest absolute Gasteiger partial charge is 0.488 e. The normalized spacial score (nSPS) is 12.5. The predicted octanol–water partition coefficient (Wildman–Crippen LogP) is 6.22. The molecule has 1 aliphatic heterocycles. The van der Waals surface area contributed by atoms with Crippen LogP contribution in [0.5, 0.6) is 17.2 Å². The van der Waals surface area contributed by atoms with E-state index in [1.165, 1.54) is 30.5 Å². The Morgan fingerprint density at radius 3 is 2.27 bits per heavy atom. The minimum atomic E-state index is -0.558. The molecule has 0 saturated heterocycles. The third-order valence-corrected chi connectivity index (χ3v) is 5.42. The van der Waals surface area contributed by atoms with Crippen molar-refractivity contribution in [1.29, 1.82) is 0 Å². The summed E-state index contributed by atoms with van der Waals surface area (Å²) in [5.74, 6) is 0.969. The third-order valence-electron chi connectivity index (χ3n) is 5.42. The zero-order valence-electron chi connectivity index (χ0n) is 17.6. The molecule has 0 unspecified atom stereocenters. The molecule has 2 N–H and O–H groups in total. The van der Waals surface area contributed by atoms with Gasteiger partial charge in [-0.25, -0.2) is 9.37 Å². The molecule has 4 aromatic rings. The summed E-state index contributed by atoms with van der Waals surface area (Å²) in [6.07, 6.45) is 3.39. The van der Waals surface area contributed by atoms with Crippen LogP contribution in [-0.4, -0.2) is 18.1 Å². The molecule has 0 radical (unpaired) electrons. The van der Waals surface area contributed by atoms with Gasteiger partial charge in [-0.15, -0.1) is 0 Å². The van der Waals surface area contributed by atoms with Gasteiger partial charge in [-0.1, -0.05) is 24.3 Å². The highest BCUT2D eigenvalue weighted by atomic mass is 19.1. The number of ether oxygens (including phenoxy) is 2. The third kappa shape index (κ3) is 4.47. The fraction of sp³-hybridized carbons (Fsp3) is 0.0741. The van der Waals surface area contributed by atoms with Gasteiger partial charge in [0.05, 0.1) is 6.20 Å². The first kappa shape index (κ1) is 20.8. The van der Waals surface area contributed by atoms with E-state index in [-0.39, 0.29) is 5.82 Å². The zero-order chi connectivity index (χ0) is 22.8. The van der Waals surface area contributed by atoms with Crippen LogP contribution in [0.2, 0.25) is 0 Å². The highest BCUT2D eigenvalue weighted by Gasteiger charge is 2.18. The van der Waals surface area contributed by atoms with Crippen LogP contribution >= 0.6 is 0 Å². The molecule has 0 saturated carbocycles.